The number of benzene rings is 1. The number of piperazine rings is 1. The van der Waals surface area contributed by atoms with Crippen molar-refractivity contribution in [2.75, 3.05) is 4.90 Å². The highest BCUT2D eigenvalue weighted by molar-refractivity contribution is 6.08. The summed E-state index contributed by atoms with van der Waals surface area (Å²) in [5.41, 5.74) is -0.0336. The Morgan fingerprint density at radius 1 is 1.29 bits per heavy atom. The van der Waals surface area contributed by atoms with Gasteiger partial charge >= 0.3 is 0 Å². The van der Waals surface area contributed by atoms with Crippen LogP contribution < -0.4 is 10.2 Å². The average Bonchev–Trinajstić information content (AvgIpc) is 3.26. The smallest absolute Gasteiger partial charge is 0.250 e. The van der Waals surface area contributed by atoms with E-state index < -0.39 is 23.7 Å². The lowest BCUT2D eigenvalue weighted by molar-refractivity contribution is -0.134. The number of amides is 2. The largest absolute Gasteiger partial charge is 0.342 e. The van der Waals surface area contributed by atoms with Crippen LogP contribution in [0.15, 0.2) is 18.2 Å². The second-order valence-corrected chi connectivity index (χ2v) is 5.55. The molecule has 3 rings (SSSR count). The van der Waals surface area contributed by atoms with Crippen LogP contribution in [0.3, 0.4) is 0 Å². The average molecular weight is 294 g/mol. The third-order valence-corrected chi connectivity index (χ3v) is 4.06. The van der Waals surface area contributed by atoms with E-state index in [0.717, 1.165) is 25.0 Å². The summed E-state index contributed by atoms with van der Waals surface area (Å²) >= 11 is 0. The Labute approximate surface area is 121 Å². The molecule has 1 aliphatic carbocycles. The molecular formula is C15H16F2N2O2. The molecule has 2 unspecified atom stereocenters. The second-order valence-electron chi connectivity index (χ2n) is 5.55. The highest BCUT2D eigenvalue weighted by Crippen LogP contribution is 2.37. The highest BCUT2D eigenvalue weighted by atomic mass is 19.1. The zero-order chi connectivity index (χ0) is 15.1. The van der Waals surface area contributed by atoms with Gasteiger partial charge in [0.1, 0.15) is 23.7 Å². The number of nitrogens with one attached hydrogen (secondary N) is 1. The van der Waals surface area contributed by atoms with Crippen molar-refractivity contribution in [3.63, 3.8) is 0 Å². The summed E-state index contributed by atoms with van der Waals surface area (Å²) in [6.07, 6.45) is 2.13. The predicted octanol–water partition coefficient (Wildman–Crippen LogP) is 1.98. The molecular weight excluding hydrogens is 278 g/mol. The van der Waals surface area contributed by atoms with Crippen LogP contribution in [0, 0.1) is 17.6 Å². The van der Waals surface area contributed by atoms with Gasteiger partial charge in [0.15, 0.2) is 0 Å². The normalized spacial score (nSPS) is 26.0. The van der Waals surface area contributed by atoms with E-state index in [1.54, 1.807) is 6.92 Å². The summed E-state index contributed by atoms with van der Waals surface area (Å²) in [5.74, 6) is -2.00. The molecule has 1 aliphatic heterocycles. The van der Waals surface area contributed by atoms with Crippen LogP contribution in [-0.2, 0) is 9.59 Å². The molecule has 1 N–H and O–H groups in total. The summed E-state index contributed by atoms with van der Waals surface area (Å²) < 4.78 is 27.1. The molecule has 2 fully saturated rings. The van der Waals surface area contributed by atoms with Gasteiger partial charge in [-0.3, -0.25) is 14.5 Å². The molecule has 0 bridgehead atoms. The van der Waals surface area contributed by atoms with Crippen molar-refractivity contribution in [2.24, 2.45) is 5.92 Å². The lowest BCUT2D eigenvalue weighted by Gasteiger charge is -2.38. The zero-order valence-electron chi connectivity index (χ0n) is 11.6. The van der Waals surface area contributed by atoms with Gasteiger partial charge in [0.05, 0.1) is 5.69 Å². The van der Waals surface area contributed by atoms with Gasteiger partial charge in [-0.1, -0.05) is 6.92 Å². The van der Waals surface area contributed by atoms with Crippen LogP contribution in [0.4, 0.5) is 14.5 Å². The minimum Gasteiger partial charge on any atom is -0.342 e. The summed E-state index contributed by atoms with van der Waals surface area (Å²) in [6.45, 7) is 1.75. The first-order valence-corrected chi connectivity index (χ1v) is 7.11. The first kappa shape index (κ1) is 14.0. The fraction of sp³-hybridized carbons (Fsp3) is 0.467. The van der Waals surface area contributed by atoms with Gasteiger partial charge in [0.2, 0.25) is 5.91 Å². The molecule has 1 saturated carbocycles. The van der Waals surface area contributed by atoms with Crippen LogP contribution in [0.25, 0.3) is 0 Å². The standard InChI is InChI=1S/C15H16F2N2O2/c1-2-11-14(20)18-13(8-3-4-8)15(21)19(11)12-6-5-9(16)7-10(12)17/h5-8,11,13H,2-4H2,1H3,(H,18,20). The Morgan fingerprint density at radius 2 is 2.00 bits per heavy atom. The number of anilines is 1. The molecule has 6 heteroatoms. The van der Waals surface area contributed by atoms with Gasteiger partial charge in [0.25, 0.3) is 5.91 Å². The molecule has 0 radical (unpaired) electrons. The van der Waals surface area contributed by atoms with Crippen molar-refractivity contribution in [1.29, 1.82) is 0 Å². The molecule has 4 nitrogen and oxygen atoms in total. The topological polar surface area (TPSA) is 49.4 Å². The van der Waals surface area contributed by atoms with Crippen LogP contribution in [0.1, 0.15) is 26.2 Å². The third kappa shape index (κ3) is 2.39. The van der Waals surface area contributed by atoms with E-state index in [-0.39, 0.29) is 23.4 Å². The van der Waals surface area contributed by atoms with Crippen molar-refractivity contribution in [2.45, 2.75) is 38.3 Å². The molecule has 2 aliphatic rings. The minimum atomic E-state index is -0.828. The molecule has 0 aromatic heterocycles. The quantitative estimate of drug-likeness (QED) is 0.927. The maximum Gasteiger partial charge on any atom is 0.250 e. The number of hydrogen-bond donors (Lipinski definition) is 1. The van der Waals surface area contributed by atoms with E-state index >= 15 is 0 Å². The Morgan fingerprint density at radius 3 is 2.57 bits per heavy atom. The van der Waals surface area contributed by atoms with Crippen LogP contribution in [0.5, 0.6) is 0 Å². The van der Waals surface area contributed by atoms with Crippen LogP contribution in [-0.4, -0.2) is 23.9 Å². The van der Waals surface area contributed by atoms with E-state index in [4.69, 9.17) is 0 Å². The van der Waals surface area contributed by atoms with Gasteiger partial charge < -0.3 is 5.32 Å². The predicted molar refractivity (Wildman–Crippen MR) is 72.6 cm³/mol. The molecule has 1 saturated heterocycles. The maximum atomic E-state index is 14.0. The first-order valence-electron chi connectivity index (χ1n) is 7.11. The fourth-order valence-electron chi connectivity index (χ4n) is 2.81. The molecule has 1 aromatic rings. The number of hydrogen-bond acceptors (Lipinski definition) is 2. The van der Waals surface area contributed by atoms with Crippen LogP contribution >= 0.6 is 0 Å². The highest BCUT2D eigenvalue weighted by Gasteiger charge is 2.47. The Kier molecular flexibility index (Phi) is 3.39. The number of nitrogens with zero attached hydrogens (tertiary/aromatic N) is 1. The van der Waals surface area contributed by atoms with Crippen LogP contribution in [0.2, 0.25) is 0 Å². The maximum absolute atomic E-state index is 14.0. The van der Waals surface area contributed by atoms with Gasteiger partial charge in [-0.15, -0.1) is 0 Å². The summed E-state index contributed by atoms with van der Waals surface area (Å²) in [4.78, 5) is 26.0. The van der Waals surface area contributed by atoms with Gasteiger partial charge in [-0.05, 0) is 37.3 Å². The van der Waals surface area contributed by atoms with E-state index in [9.17, 15) is 18.4 Å². The van der Waals surface area contributed by atoms with E-state index in [1.807, 2.05) is 0 Å². The Balaban J connectivity index is 2.01. The third-order valence-electron chi connectivity index (χ3n) is 4.06. The van der Waals surface area contributed by atoms with Gasteiger partial charge in [0, 0.05) is 6.07 Å². The van der Waals surface area contributed by atoms with Crippen molar-refractivity contribution in [3.05, 3.63) is 29.8 Å². The van der Waals surface area contributed by atoms with Gasteiger partial charge in [-0.25, -0.2) is 8.78 Å². The Hall–Kier alpha value is -1.98. The number of carbonyl (C=O) groups excluding carboxylic acids is 2. The molecule has 2 atom stereocenters. The molecule has 1 aromatic carbocycles. The molecule has 21 heavy (non-hydrogen) atoms. The number of rotatable bonds is 3. The second kappa shape index (κ2) is 5.09. The Bertz CT molecular complexity index is 601. The first-order chi connectivity index (χ1) is 10.0. The minimum absolute atomic E-state index is 0.0336. The molecule has 0 spiro atoms. The molecule has 1 heterocycles. The summed E-state index contributed by atoms with van der Waals surface area (Å²) in [5, 5.41) is 2.73. The van der Waals surface area contributed by atoms with Crippen molar-refractivity contribution in [1.82, 2.24) is 5.32 Å². The summed E-state index contributed by atoms with van der Waals surface area (Å²) in [7, 11) is 0. The lowest BCUT2D eigenvalue weighted by atomic mass is 10.0. The van der Waals surface area contributed by atoms with E-state index in [0.29, 0.717) is 6.42 Å². The fourth-order valence-corrected chi connectivity index (χ4v) is 2.81. The molecule has 112 valence electrons. The SMILES string of the molecule is CCC1C(=O)NC(C2CC2)C(=O)N1c1ccc(F)cc1F. The number of halogens is 2. The van der Waals surface area contributed by atoms with Gasteiger partial charge in [-0.2, -0.15) is 0 Å². The zero-order valence-corrected chi connectivity index (χ0v) is 11.6. The van der Waals surface area contributed by atoms with Crippen molar-refractivity contribution < 1.29 is 18.4 Å². The number of carbonyl (C=O) groups is 2. The monoisotopic (exact) mass is 294 g/mol. The van der Waals surface area contributed by atoms with Crippen molar-refractivity contribution in [3.8, 4) is 0 Å². The summed E-state index contributed by atoms with van der Waals surface area (Å²) in [6, 6.07) is 1.69. The van der Waals surface area contributed by atoms with E-state index in [2.05, 4.69) is 5.32 Å². The molecule has 2 amide bonds. The van der Waals surface area contributed by atoms with E-state index in [1.165, 1.54) is 11.0 Å². The van der Waals surface area contributed by atoms with Crippen molar-refractivity contribution >= 4 is 17.5 Å². The lowest BCUT2D eigenvalue weighted by Crippen LogP contribution is -2.64.